The summed E-state index contributed by atoms with van der Waals surface area (Å²) in [7, 11) is 1.68. The molecule has 0 spiro atoms. The van der Waals surface area contributed by atoms with Crippen molar-refractivity contribution in [2.75, 3.05) is 13.7 Å². The van der Waals surface area contributed by atoms with E-state index >= 15 is 0 Å². The zero-order valence-electron chi connectivity index (χ0n) is 9.88. The van der Waals surface area contributed by atoms with Gasteiger partial charge in [0.15, 0.2) is 0 Å². The molecular weight excluding hydrogens is 190 g/mol. The average Bonchev–Trinajstić information content (AvgIpc) is 2.67. The molecule has 3 heteroatoms. The molecule has 1 aromatic rings. The van der Waals surface area contributed by atoms with Crippen molar-refractivity contribution in [1.29, 1.82) is 0 Å². The quantitative estimate of drug-likeness (QED) is 0.753. The summed E-state index contributed by atoms with van der Waals surface area (Å²) in [6.45, 7) is 5.81. The van der Waals surface area contributed by atoms with Crippen LogP contribution in [-0.2, 0) is 11.3 Å². The lowest BCUT2D eigenvalue weighted by Gasteiger charge is -2.14. The Balaban J connectivity index is 2.63. The van der Waals surface area contributed by atoms with Crippen LogP contribution in [0, 0.1) is 0 Å². The third-order valence-corrected chi connectivity index (χ3v) is 2.34. The van der Waals surface area contributed by atoms with Gasteiger partial charge in [0.1, 0.15) is 18.1 Å². The van der Waals surface area contributed by atoms with Crippen LogP contribution in [0.3, 0.4) is 0 Å². The van der Waals surface area contributed by atoms with Crippen molar-refractivity contribution in [1.82, 2.24) is 5.32 Å². The van der Waals surface area contributed by atoms with Gasteiger partial charge in [-0.2, -0.15) is 0 Å². The van der Waals surface area contributed by atoms with Crippen LogP contribution in [0.4, 0.5) is 0 Å². The summed E-state index contributed by atoms with van der Waals surface area (Å²) in [5.74, 6) is 1.91. The summed E-state index contributed by atoms with van der Waals surface area (Å²) in [5, 5.41) is 3.42. The second kappa shape index (κ2) is 6.64. The van der Waals surface area contributed by atoms with E-state index in [1.165, 1.54) is 0 Å². The Morgan fingerprint density at radius 1 is 1.40 bits per heavy atom. The molecule has 1 rings (SSSR count). The van der Waals surface area contributed by atoms with Gasteiger partial charge < -0.3 is 14.5 Å². The zero-order chi connectivity index (χ0) is 11.1. The van der Waals surface area contributed by atoms with Crippen molar-refractivity contribution < 1.29 is 9.15 Å². The van der Waals surface area contributed by atoms with Crippen LogP contribution in [-0.4, -0.2) is 13.7 Å². The van der Waals surface area contributed by atoms with E-state index < -0.39 is 0 Å². The Bertz CT molecular complexity index is 264. The highest BCUT2D eigenvalue weighted by Gasteiger charge is 2.13. The molecule has 0 bridgehead atoms. The first-order valence-electron chi connectivity index (χ1n) is 5.62. The van der Waals surface area contributed by atoms with E-state index in [4.69, 9.17) is 9.15 Å². The van der Waals surface area contributed by atoms with Crippen LogP contribution in [0.5, 0.6) is 0 Å². The number of furan rings is 1. The topological polar surface area (TPSA) is 34.4 Å². The zero-order valence-corrected chi connectivity index (χ0v) is 9.88. The van der Waals surface area contributed by atoms with Crippen molar-refractivity contribution in [3.8, 4) is 0 Å². The van der Waals surface area contributed by atoms with E-state index in [2.05, 4.69) is 19.2 Å². The number of hydrogen-bond acceptors (Lipinski definition) is 3. The van der Waals surface area contributed by atoms with Crippen molar-refractivity contribution in [2.45, 2.75) is 39.3 Å². The number of nitrogens with one attached hydrogen (secondary N) is 1. The number of hydrogen-bond donors (Lipinski definition) is 1. The molecule has 1 unspecified atom stereocenters. The fraction of sp³-hybridized carbons (Fsp3) is 0.667. The molecule has 3 nitrogen and oxygen atoms in total. The molecule has 15 heavy (non-hydrogen) atoms. The van der Waals surface area contributed by atoms with Crippen LogP contribution < -0.4 is 5.32 Å². The third kappa shape index (κ3) is 3.68. The van der Waals surface area contributed by atoms with Gasteiger partial charge in [-0.1, -0.05) is 20.3 Å². The molecule has 0 aromatic carbocycles. The lowest BCUT2D eigenvalue weighted by molar-refractivity contribution is 0.161. The molecule has 0 amide bonds. The Kier molecular flexibility index (Phi) is 5.43. The van der Waals surface area contributed by atoms with Gasteiger partial charge in [0.25, 0.3) is 0 Å². The van der Waals surface area contributed by atoms with Crippen molar-refractivity contribution in [3.63, 3.8) is 0 Å². The van der Waals surface area contributed by atoms with E-state index in [1.807, 2.05) is 12.1 Å². The summed E-state index contributed by atoms with van der Waals surface area (Å²) in [5.41, 5.74) is 0. The highest BCUT2D eigenvalue weighted by Crippen LogP contribution is 2.21. The standard InChI is InChI=1S/C12H21NO2/c1-4-6-11(13-5-2)12-8-7-10(15-12)9-14-3/h7-8,11,13H,4-6,9H2,1-3H3. The molecule has 0 saturated carbocycles. The van der Waals surface area contributed by atoms with Gasteiger partial charge in [0.05, 0.1) is 6.04 Å². The van der Waals surface area contributed by atoms with Gasteiger partial charge in [-0.15, -0.1) is 0 Å². The third-order valence-electron chi connectivity index (χ3n) is 2.34. The summed E-state index contributed by atoms with van der Waals surface area (Å²) < 4.78 is 10.7. The van der Waals surface area contributed by atoms with E-state index in [0.29, 0.717) is 12.6 Å². The predicted octanol–water partition coefficient (Wildman–Crippen LogP) is 2.88. The summed E-state index contributed by atoms with van der Waals surface area (Å²) in [4.78, 5) is 0. The second-order valence-corrected chi connectivity index (χ2v) is 3.64. The average molecular weight is 211 g/mol. The van der Waals surface area contributed by atoms with Gasteiger partial charge in [0.2, 0.25) is 0 Å². The maximum absolute atomic E-state index is 5.70. The minimum Gasteiger partial charge on any atom is -0.462 e. The van der Waals surface area contributed by atoms with Crippen LogP contribution >= 0.6 is 0 Å². The molecule has 1 heterocycles. The molecule has 0 saturated heterocycles. The van der Waals surface area contributed by atoms with Crippen LogP contribution in [0.15, 0.2) is 16.5 Å². The fourth-order valence-electron chi connectivity index (χ4n) is 1.68. The SMILES string of the molecule is CCCC(NCC)c1ccc(COC)o1. The first-order valence-corrected chi connectivity index (χ1v) is 5.62. The van der Waals surface area contributed by atoms with Gasteiger partial charge in [-0.25, -0.2) is 0 Å². The van der Waals surface area contributed by atoms with Crippen molar-refractivity contribution in [2.24, 2.45) is 0 Å². The monoisotopic (exact) mass is 211 g/mol. The highest BCUT2D eigenvalue weighted by molar-refractivity contribution is 5.10. The van der Waals surface area contributed by atoms with E-state index in [-0.39, 0.29) is 0 Å². The van der Waals surface area contributed by atoms with E-state index in [0.717, 1.165) is 30.9 Å². The highest BCUT2D eigenvalue weighted by atomic mass is 16.5. The van der Waals surface area contributed by atoms with Gasteiger partial charge in [-0.05, 0) is 25.1 Å². The Morgan fingerprint density at radius 2 is 2.20 bits per heavy atom. The Morgan fingerprint density at radius 3 is 2.80 bits per heavy atom. The molecule has 0 aliphatic heterocycles. The largest absolute Gasteiger partial charge is 0.462 e. The lowest BCUT2D eigenvalue weighted by Crippen LogP contribution is -2.20. The summed E-state index contributed by atoms with van der Waals surface area (Å²) >= 11 is 0. The predicted molar refractivity (Wildman–Crippen MR) is 60.7 cm³/mol. The molecule has 1 N–H and O–H groups in total. The van der Waals surface area contributed by atoms with Crippen molar-refractivity contribution in [3.05, 3.63) is 23.7 Å². The first kappa shape index (κ1) is 12.3. The Hall–Kier alpha value is -0.800. The maximum Gasteiger partial charge on any atom is 0.129 e. The number of rotatable bonds is 7. The van der Waals surface area contributed by atoms with Gasteiger partial charge >= 0.3 is 0 Å². The molecule has 1 atom stereocenters. The molecule has 0 aliphatic rings. The minimum absolute atomic E-state index is 0.339. The normalized spacial score (nSPS) is 13.0. The summed E-state index contributed by atoms with van der Waals surface area (Å²) in [6, 6.07) is 4.36. The molecule has 86 valence electrons. The summed E-state index contributed by atoms with van der Waals surface area (Å²) in [6.07, 6.45) is 2.26. The van der Waals surface area contributed by atoms with Crippen molar-refractivity contribution >= 4 is 0 Å². The molecule has 0 radical (unpaired) electrons. The molecule has 0 fully saturated rings. The lowest BCUT2D eigenvalue weighted by atomic mass is 10.1. The maximum atomic E-state index is 5.70. The Labute approximate surface area is 91.8 Å². The smallest absolute Gasteiger partial charge is 0.129 e. The number of methoxy groups -OCH3 is 1. The van der Waals surface area contributed by atoms with Gasteiger partial charge in [-0.3, -0.25) is 0 Å². The van der Waals surface area contributed by atoms with E-state index in [9.17, 15) is 0 Å². The number of ether oxygens (including phenoxy) is 1. The molecular formula is C12H21NO2. The fourth-order valence-corrected chi connectivity index (χ4v) is 1.68. The van der Waals surface area contributed by atoms with Crippen LogP contribution in [0.1, 0.15) is 44.3 Å². The van der Waals surface area contributed by atoms with E-state index in [1.54, 1.807) is 7.11 Å². The van der Waals surface area contributed by atoms with Crippen LogP contribution in [0.2, 0.25) is 0 Å². The molecule has 1 aromatic heterocycles. The first-order chi connectivity index (χ1) is 7.31. The minimum atomic E-state index is 0.339. The molecule has 0 aliphatic carbocycles. The van der Waals surface area contributed by atoms with Gasteiger partial charge in [0, 0.05) is 7.11 Å². The van der Waals surface area contributed by atoms with Crippen LogP contribution in [0.25, 0.3) is 0 Å². The second-order valence-electron chi connectivity index (χ2n) is 3.64.